The van der Waals surface area contributed by atoms with E-state index in [1.807, 2.05) is 0 Å². The molecule has 0 aliphatic rings. The summed E-state index contributed by atoms with van der Waals surface area (Å²) in [5.74, 6) is 0.220. The van der Waals surface area contributed by atoms with Crippen LogP contribution in [0.25, 0.3) is 0 Å². The van der Waals surface area contributed by atoms with Gasteiger partial charge in [0.2, 0.25) is 10.0 Å². The molecule has 0 aromatic heterocycles. The molecule has 1 aromatic carbocycles. The Kier molecular flexibility index (Phi) is 4.12. The van der Waals surface area contributed by atoms with Crippen molar-refractivity contribution in [1.82, 2.24) is 0 Å². The Labute approximate surface area is 103 Å². The molecule has 4 nitrogen and oxygen atoms in total. The predicted octanol–water partition coefficient (Wildman–Crippen LogP) is 2.05. The predicted molar refractivity (Wildman–Crippen MR) is 65.8 cm³/mol. The summed E-state index contributed by atoms with van der Waals surface area (Å²) in [6.07, 6.45) is 1.27. The van der Waals surface area contributed by atoms with Crippen LogP contribution >= 0.6 is 15.9 Å². The molecule has 0 amide bonds. The molecular formula is C10H12BrNO3S. The van der Waals surface area contributed by atoms with Crippen molar-refractivity contribution >= 4 is 26.0 Å². The van der Waals surface area contributed by atoms with Crippen molar-refractivity contribution in [3.8, 4) is 5.75 Å². The quantitative estimate of drug-likeness (QED) is 0.866. The molecule has 0 radical (unpaired) electrons. The highest BCUT2D eigenvalue weighted by atomic mass is 79.9. The second-order valence-corrected chi connectivity index (χ2v) is 5.64. The highest BCUT2D eigenvalue weighted by Gasteiger charge is 2.16. The number of halogens is 1. The van der Waals surface area contributed by atoms with Crippen LogP contribution in [0, 0.1) is 0 Å². The van der Waals surface area contributed by atoms with E-state index >= 15 is 0 Å². The van der Waals surface area contributed by atoms with Gasteiger partial charge in [-0.15, -0.1) is 0 Å². The van der Waals surface area contributed by atoms with Crippen molar-refractivity contribution < 1.29 is 13.2 Å². The van der Waals surface area contributed by atoms with Gasteiger partial charge in [0.25, 0.3) is 0 Å². The Morgan fingerprint density at radius 2 is 2.19 bits per heavy atom. The molecule has 1 aromatic rings. The molecule has 1 rings (SSSR count). The highest BCUT2D eigenvalue weighted by molar-refractivity contribution is 9.10. The number of ether oxygens (including phenoxy) is 1. The van der Waals surface area contributed by atoms with E-state index in [0.29, 0.717) is 4.47 Å². The summed E-state index contributed by atoms with van der Waals surface area (Å²) in [6.45, 7) is 5.30. The standard InChI is InChI=1S/C10H12BrNO3S/c1-3-7(2)15-9-5-4-8(11)6-10(9)16(12,13)14/h3-7H,1H2,2H3,(H2,12,13,14). The molecule has 0 saturated heterocycles. The zero-order valence-corrected chi connectivity index (χ0v) is 11.1. The third-order valence-electron chi connectivity index (χ3n) is 1.86. The van der Waals surface area contributed by atoms with Crippen LogP contribution in [0.1, 0.15) is 6.92 Å². The fourth-order valence-corrected chi connectivity index (χ4v) is 2.25. The van der Waals surface area contributed by atoms with Gasteiger partial charge < -0.3 is 4.74 Å². The van der Waals surface area contributed by atoms with Crippen LogP contribution in [0.5, 0.6) is 5.75 Å². The molecule has 0 bridgehead atoms. The van der Waals surface area contributed by atoms with Crippen LogP contribution in [0.2, 0.25) is 0 Å². The summed E-state index contributed by atoms with van der Waals surface area (Å²) in [4.78, 5) is -0.0458. The summed E-state index contributed by atoms with van der Waals surface area (Å²) in [5.41, 5.74) is 0. The summed E-state index contributed by atoms with van der Waals surface area (Å²) < 4.78 is 28.7. The minimum atomic E-state index is -3.80. The number of sulfonamides is 1. The molecular weight excluding hydrogens is 294 g/mol. The fourth-order valence-electron chi connectivity index (χ4n) is 1.05. The number of benzene rings is 1. The fraction of sp³-hybridized carbons (Fsp3) is 0.200. The number of nitrogens with two attached hydrogens (primary N) is 1. The summed E-state index contributed by atoms with van der Waals surface area (Å²) in [7, 11) is -3.80. The van der Waals surface area contributed by atoms with Gasteiger partial charge in [0.1, 0.15) is 16.7 Å². The SMILES string of the molecule is C=CC(C)Oc1ccc(Br)cc1S(N)(=O)=O. The summed E-state index contributed by atoms with van der Waals surface area (Å²) >= 11 is 3.18. The smallest absolute Gasteiger partial charge is 0.241 e. The number of primary sulfonamides is 1. The zero-order valence-electron chi connectivity index (χ0n) is 8.68. The van der Waals surface area contributed by atoms with Crippen LogP contribution in [-0.4, -0.2) is 14.5 Å². The van der Waals surface area contributed by atoms with Crippen molar-refractivity contribution in [3.63, 3.8) is 0 Å². The summed E-state index contributed by atoms with van der Waals surface area (Å²) in [5, 5.41) is 5.09. The largest absolute Gasteiger partial charge is 0.485 e. The minimum Gasteiger partial charge on any atom is -0.485 e. The van der Waals surface area contributed by atoms with E-state index in [4.69, 9.17) is 9.88 Å². The van der Waals surface area contributed by atoms with Crippen molar-refractivity contribution in [2.45, 2.75) is 17.9 Å². The Morgan fingerprint density at radius 3 is 2.69 bits per heavy atom. The lowest BCUT2D eigenvalue weighted by molar-refractivity contribution is 0.263. The molecule has 0 aliphatic heterocycles. The van der Waals surface area contributed by atoms with E-state index in [-0.39, 0.29) is 16.7 Å². The molecule has 0 heterocycles. The Balaban J connectivity index is 3.23. The second-order valence-electron chi connectivity index (χ2n) is 3.19. The van der Waals surface area contributed by atoms with E-state index in [1.54, 1.807) is 25.1 Å². The Hall–Kier alpha value is -0.850. The first-order valence-corrected chi connectivity index (χ1v) is 6.80. The maximum atomic E-state index is 11.3. The topological polar surface area (TPSA) is 69.4 Å². The van der Waals surface area contributed by atoms with Gasteiger partial charge in [-0.1, -0.05) is 28.6 Å². The Morgan fingerprint density at radius 1 is 1.56 bits per heavy atom. The van der Waals surface area contributed by atoms with E-state index < -0.39 is 10.0 Å². The van der Waals surface area contributed by atoms with Crippen LogP contribution in [0.3, 0.4) is 0 Å². The molecule has 6 heteroatoms. The normalized spacial score (nSPS) is 13.2. The van der Waals surface area contributed by atoms with Gasteiger partial charge in [-0.3, -0.25) is 0 Å². The number of hydrogen-bond acceptors (Lipinski definition) is 3. The van der Waals surface area contributed by atoms with Crippen molar-refractivity contribution in [2.24, 2.45) is 5.14 Å². The van der Waals surface area contributed by atoms with Crippen LogP contribution in [-0.2, 0) is 10.0 Å². The lowest BCUT2D eigenvalue weighted by Gasteiger charge is -2.13. The minimum absolute atomic E-state index is 0.0458. The number of rotatable bonds is 4. The first-order chi connectivity index (χ1) is 7.34. The van der Waals surface area contributed by atoms with Gasteiger partial charge >= 0.3 is 0 Å². The van der Waals surface area contributed by atoms with E-state index in [9.17, 15) is 8.42 Å². The van der Waals surface area contributed by atoms with Crippen LogP contribution in [0.15, 0.2) is 40.2 Å². The van der Waals surface area contributed by atoms with Crippen LogP contribution < -0.4 is 9.88 Å². The lowest BCUT2D eigenvalue weighted by Crippen LogP contribution is -2.16. The first-order valence-electron chi connectivity index (χ1n) is 4.46. The van der Waals surface area contributed by atoms with Crippen LogP contribution in [0.4, 0.5) is 0 Å². The van der Waals surface area contributed by atoms with Gasteiger partial charge in [0.15, 0.2) is 0 Å². The van der Waals surface area contributed by atoms with Crippen molar-refractivity contribution in [3.05, 3.63) is 35.3 Å². The van der Waals surface area contributed by atoms with Gasteiger partial charge in [0, 0.05) is 4.47 Å². The summed E-state index contributed by atoms with van der Waals surface area (Å²) in [6, 6.07) is 4.63. The van der Waals surface area contributed by atoms with E-state index in [2.05, 4.69) is 22.5 Å². The molecule has 0 spiro atoms. The second kappa shape index (κ2) is 4.99. The first kappa shape index (κ1) is 13.2. The highest BCUT2D eigenvalue weighted by Crippen LogP contribution is 2.27. The van der Waals surface area contributed by atoms with Gasteiger partial charge in [0.05, 0.1) is 0 Å². The number of hydrogen-bond donors (Lipinski definition) is 1. The molecule has 2 N–H and O–H groups in total. The lowest BCUT2D eigenvalue weighted by atomic mass is 10.3. The van der Waals surface area contributed by atoms with E-state index in [1.165, 1.54) is 6.07 Å². The molecule has 16 heavy (non-hydrogen) atoms. The van der Waals surface area contributed by atoms with Crippen molar-refractivity contribution in [2.75, 3.05) is 0 Å². The van der Waals surface area contributed by atoms with E-state index in [0.717, 1.165) is 0 Å². The average Bonchev–Trinajstić information content (AvgIpc) is 2.19. The maximum Gasteiger partial charge on any atom is 0.241 e. The molecule has 88 valence electrons. The van der Waals surface area contributed by atoms with Gasteiger partial charge in [-0.25, -0.2) is 13.6 Å². The molecule has 0 saturated carbocycles. The van der Waals surface area contributed by atoms with Crippen molar-refractivity contribution in [1.29, 1.82) is 0 Å². The molecule has 1 atom stereocenters. The zero-order chi connectivity index (χ0) is 12.3. The molecule has 1 unspecified atom stereocenters. The molecule has 0 fully saturated rings. The third-order valence-corrected chi connectivity index (χ3v) is 3.28. The Bertz CT molecular complexity index is 499. The average molecular weight is 306 g/mol. The molecule has 0 aliphatic carbocycles. The van der Waals surface area contributed by atoms with Gasteiger partial charge in [-0.05, 0) is 25.1 Å². The monoisotopic (exact) mass is 305 g/mol. The van der Waals surface area contributed by atoms with Gasteiger partial charge in [-0.2, -0.15) is 0 Å². The third kappa shape index (κ3) is 3.33. The maximum absolute atomic E-state index is 11.3.